The van der Waals surface area contributed by atoms with Gasteiger partial charge in [-0.25, -0.2) is 0 Å². The Morgan fingerprint density at radius 3 is 0.895 bits per heavy atom. The van der Waals surface area contributed by atoms with Gasteiger partial charge in [0.05, 0.1) is 16.6 Å². The van der Waals surface area contributed by atoms with Gasteiger partial charge in [-0.3, -0.25) is 14.7 Å². The fourth-order valence-electron chi connectivity index (χ4n) is 4.33. The molecule has 3 aliphatic carbocycles. The van der Waals surface area contributed by atoms with Gasteiger partial charge < -0.3 is 0 Å². The Morgan fingerprint density at radius 2 is 0.737 bits per heavy atom. The SMILES string of the molecule is CN(C)C12C=CC3(N(C)C)C=CC(N(C)C)(C=C1)C23. The molecular weight excluding hydrogens is 234 g/mol. The molecule has 0 fully saturated rings. The van der Waals surface area contributed by atoms with E-state index < -0.39 is 0 Å². The first-order valence-electron chi connectivity index (χ1n) is 6.95. The Bertz CT molecular complexity index is 393. The molecule has 0 spiro atoms. The van der Waals surface area contributed by atoms with Crippen molar-refractivity contribution >= 4 is 0 Å². The zero-order valence-corrected chi connectivity index (χ0v) is 12.9. The van der Waals surface area contributed by atoms with Crippen LogP contribution in [0.5, 0.6) is 0 Å². The maximum Gasteiger partial charge on any atom is 0.0648 e. The van der Waals surface area contributed by atoms with Crippen molar-refractivity contribution in [1.29, 1.82) is 0 Å². The van der Waals surface area contributed by atoms with Crippen LogP contribution in [0.3, 0.4) is 0 Å². The van der Waals surface area contributed by atoms with Gasteiger partial charge in [0, 0.05) is 5.92 Å². The van der Waals surface area contributed by atoms with Crippen LogP contribution < -0.4 is 0 Å². The minimum atomic E-state index is 0.0258. The Kier molecular flexibility index (Phi) is 2.48. The molecule has 0 atom stereocenters. The topological polar surface area (TPSA) is 9.72 Å². The molecule has 3 nitrogen and oxygen atoms in total. The summed E-state index contributed by atoms with van der Waals surface area (Å²) in [5, 5.41) is 0. The molecule has 3 rings (SSSR count). The van der Waals surface area contributed by atoms with Gasteiger partial charge >= 0.3 is 0 Å². The fraction of sp³-hybridized carbons (Fsp3) is 0.625. The average molecular weight is 259 g/mol. The number of hydrogen-bond donors (Lipinski definition) is 0. The van der Waals surface area contributed by atoms with Crippen molar-refractivity contribution in [2.24, 2.45) is 5.92 Å². The van der Waals surface area contributed by atoms with E-state index in [-0.39, 0.29) is 16.6 Å². The van der Waals surface area contributed by atoms with E-state index in [1.165, 1.54) is 0 Å². The monoisotopic (exact) mass is 259 g/mol. The van der Waals surface area contributed by atoms with Gasteiger partial charge in [0.25, 0.3) is 0 Å². The highest BCUT2D eigenvalue weighted by Gasteiger charge is 2.67. The highest BCUT2D eigenvalue weighted by molar-refractivity contribution is 5.55. The van der Waals surface area contributed by atoms with Crippen molar-refractivity contribution in [3.8, 4) is 0 Å². The predicted molar refractivity (Wildman–Crippen MR) is 80.2 cm³/mol. The molecule has 19 heavy (non-hydrogen) atoms. The average Bonchev–Trinajstić information content (AvgIpc) is 2.94. The van der Waals surface area contributed by atoms with Gasteiger partial charge in [-0.15, -0.1) is 0 Å². The first kappa shape index (κ1) is 13.1. The molecule has 0 bridgehead atoms. The Morgan fingerprint density at radius 1 is 0.526 bits per heavy atom. The first-order chi connectivity index (χ1) is 8.82. The van der Waals surface area contributed by atoms with E-state index in [4.69, 9.17) is 0 Å². The highest BCUT2D eigenvalue weighted by Crippen LogP contribution is 2.59. The van der Waals surface area contributed by atoms with E-state index in [2.05, 4.69) is 93.4 Å². The van der Waals surface area contributed by atoms with Gasteiger partial charge in [0.2, 0.25) is 0 Å². The summed E-state index contributed by atoms with van der Waals surface area (Å²) in [4.78, 5) is 7.07. The smallest absolute Gasteiger partial charge is 0.0648 e. The number of likely N-dealkylation sites (N-methyl/N-ethyl adjacent to an activating group) is 3. The van der Waals surface area contributed by atoms with E-state index in [9.17, 15) is 0 Å². The molecule has 0 aromatic heterocycles. The van der Waals surface area contributed by atoms with Crippen LogP contribution in [0.2, 0.25) is 0 Å². The van der Waals surface area contributed by atoms with E-state index >= 15 is 0 Å². The molecule has 0 aromatic carbocycles. The summed E-state index contributed by atoms with van der Waals surface area (Å²) in [7, 11) is 13.1. The third-order valence-corrected chi connectivity index (χ3v) is 5.56. The summed E-state index contributed by atoms with van der Waals surface area (Å²) < 4.78 is 0. The summed E-state index contributed by atoms with van der Waals surface area (Å²) in [5.41, 5.74) is 0.0775. The molecule has 0 aliphatic heterocycles. The third-order valence-electron chi connectivity index (χ3n) is 5.56. The molecule has 3 aliphatic rings. The number of nitrogens with zero attached hydrogens (tertiary/aromatic N) is 3. The molecule has 3 heteroatoms. The number of rotatable bonds is 3. The van der Waals surface area contributed by atoms with Crippen LogP contribution in [0.4, 0.5) is 0 Å². The Balaban J connectivity index is 2.20. The van der Waals surface area contributed by atoms with E-state index in [1.54, 1.807) is 0 Å². The van der Waals surface area contributed by atoms with Crippen molar-refractivity contribution in [3.63, 3.8) is 0 Å². The Labute approximate surface area is 116 Å². The maximum atomic E-state index is 2.39. The van der Waals surface area contributed by atoms with Crippen LogP contribution in [0.15, 0.2) is 36.5 Å². The molecule has 0 N–H and O–H groups in total. The first-order valence-corrected chi connectivity index (χ1v) is 6.95. The molecule has 0 saturated carbocycles. The number of hydrogen-bond acceptors (Lipinski definition) is 3. The molecule has 0 aromatic rings. The second-order valence-corrected chi connectivity index (χ2v) is 6.78. The second-order valence-electron chi connectivity index (χ2n) is 6.78. The van der Waals surface area contributed by atoms with E-state index in [1.807, 2.05) is 0 Å². The van der Waals surface area contributed by atoms with Gasteiger partial charge in [-0.05, 0) is 42.3 Å². The molecule has 0 heterocycles. The lowest BCUT2D eigenvalue weighted by molar-refractivity contribution is 0.0475. The highest BCUT2D eigenvalue weighted by atomic mass is 15.3. The lowest BCUT2D eigenvalue weighted by Gasteiger charge is -2.49. The van der Waals surface area contributed by atoms with Crippen LogP contribution in [-0.2, 0) is 0 Å². The summed E-state index contributed by atoms with van der Waals surface area (Å²) in [5.74, 6) is 0.479. The van der Waals surface area contributed by atoms with Gasteiger partial charge in [0.15, 0.2) is 0 Å². The van der Waals surface area contributed by atoms with Crippen molar-refractivity contribution in [1.82, 2.24) is 14.7 Å². The van der Waals surface area contributed by atoms with Crippen molar-refractivity contribution in [3.05, 3.63) is 36.5 Å². The van der Waals surface area contributed by atoms with Crippen molar-refractivity contribution < 1.29 is 0 Å². The lowest BCUT2D eigenvalue weighted by Crippen LogP contribution is -2.61. The standard InChI is InChI=1S/C16H25N3/c1-17(2)14-7-9-15(18(3)4)11-12-16(10-8-14,13(14)15)19(5)6/h7-13H,1-6H3. The van der Waals surface area contributed by atoms with Crippen LogP contribution in [0.1, 0.15) is 0 Å². The van der Waals surface area contributed by atoms with Crippen molar-refractivity contribution in [2.45, 2.75) is 16.6 Å². The Hall–Kier alpha value is -0.900. The molecule has 0 unspecified atom stereocenters. The minimum Gasteiger partial charge on any atom is -0.297 e. The van der Waals surface area contributed by atoms with Gasteiger partial charge in [-0.1, -0.05) is 36.5 Å². The van der Waals surface area contributed by atoms with E-state index in [0.29, 0.717) is 5.92 Å². The largest absolute Gasteiger partial charge is 0.297 e. The van der Waals surface area contributed by atoms with Crippen LogP contribution >= 0.6 is 0 Å². The fourth-order valence-corrected chi connectivity index (χ4v) is 4.33. The summed E-state index contributed by atoms with van der Waals surface area (Å²) in [6.45, 7) is 0. The summed E-state index contributed by atoms with van der Waals surface area (Å²) in [6.07, 6.45) is 14.4. The molecule has 104 valence electrons. The van der Waals surface area contributed by atoms with E-state index in [0.717, 1.165) is 0 Å². The van der Waals surface area contributed by atoms with Crippen LogP contribution in [0, 0.1) is 5.92 Å². The molecule has 0 radical (unpaired) electrons. The zero-order valence-electron chi connectivity index (χ0n) is 12.9. The maximum absolute atomic E-state index is 2.39. The predicted octanol–water partition coefficient (Wildman–Crippen LogP) is 1.21. The third kappa shape index (κ3) is 1.24. The van der Waals surface area contributed by atoms with Crippen molar-refractivity contribution in [2.75, 3.05) is 42.3 Å². The van der Waals surface area contributed by atoms with Gasteiger partial charge in [0.1, 0.15) is 0 Å². The quantitative estimate of drug-likeness (QED) is 0.706. The normalized spacial score (nSPS) is 46.3. The lowest BCUT2D eigenvalue weighted by atomic mass is 9.73. The minimum absolute atomic E-state index is 0.0258. The zero-order chi connectivity index (χ0) is 14.1. The summed E-state index contributed by atoms with van der Waals surface area (Å²) >= 11 is 0. The van der Waals surface area contributed by atoms with Gasteiger partial charge in [-0.2, -0.15) is 0 Å². The summed E-state index contributed by atoms with van der Waals surface area (Å²) in [6, 6.07) is 0. The molecule has 0 saturated heterocycles. The van der Waals surface area contributed by atoms with Crippen LogP contribution in [-0.4, -0.2) is 73.6 Å². The second kappa shape index (κ2) is 3.60. The van der Waals surface area contributed by atoms with Crippen LogP contribution in [0.25, 0.3) is 0 Å². The molecule has 0 amide bonds. The molecular formula is C16H25N3.